The molecule has 0 saturated heterocycles. The molecule has 1 rings (SSSR count). The zero-order valence-electron chi connectivity index (χ0n) is 12.2. The lowest BCUT2D eigenvalue weighted by atomic mass is 9.84. The molecule has 0 aromatic carbocycles. The van der Waals surface area contributed by atoms with Gasteiger partial charge in [0.25, 0.3) is 6.29 Å². The van der Waals surface area contributed by atoms with Gasteiger partial charge in [-0.05, 0) is 12.5 Å². The molecule has 112 valence electrons. The van der Waals surface area contributed by atoms with Crippen LogP contribution in [0.5, 0.6) is 0 Å². The Bertz CT molecular complexity index is 407. The van der Waals surface area contributed by atoms with Crippen molar-refractivity contribution in [3.8, 4) is 0 Å². The summed E-state index contributed by atoms with van der Waals surface area (Å²) in [5.74, 6) is -1.26. The maximum absolute atomic E-state index is 11.7. The third-order valence-corrected chi connectivity index (χ3v) is 2.89. The summed E-state index contributed by atoms with van der Waals surface area (Å²) in [6.07, 6.45) is 1.71. The monoisotopic (exact) mass is 284 g/mol. The van der Waals surface area contributed by atoms with Gasteiger partial charge in [0.1, 0.15) is 6.10 Å². The molecule has 1 atom stereocenters. The maximum atomic E-state index is 11.7. The molecule has 0 bridgehead atoms. The number of hydrogen-bond acceptors (Lipinski definition) is 6. The molecule has 6 heteroatoms. The van der Waals surface area contributed by atoms with Gasteiger partial charge in [-0.3, -0.25) is 14.4 Å². The Hall–Kier alpha value is -1.69. The fourth-order valence-electron chi connectivity index (χ4n) is 1.90. The van der Waals surface area contributed by atoms with E-state index in [2.05, 4.69) is 0 Å². The third kappa shape index (κ3) is 4.77. The molecule has 1 aliphatic heterocycles. The van der Waals surface area contributed by atoms with E-state index in [1.54, 1.807) is 19.9 Å². The summed E-state index contributed by atoms with van der Waals surface area (Å²) in [6, 6.07) is 0. The van der Waals surface area contributed by atoms with Crippen LogP contribution < -0.4 is 0 Å². The van der Waals surface area contributed by atoms with E-state index in [4.69, 9.17) is 14.2 Å². The molecular weight excluding hydrogens is 264 g/mol. The molecule has 0 spiro atoms. The molecule has 0 amide bonds. The summed E-state index contributed by atoms with van der Waals surface area (Å²) < 4.78 is 15.4. The summed E-state index contributed by atoms with van der Waals surface area (Å²) in [5, 5.41) is 0. The molecule has 1 heterocycles. The third-order valence-electron chi connectivity index (χ3n) is 2.89. The molecule has 6 nitrogen and oxygen atoms in total. The number of esters is 2. The normalized spacial score (nSPS) is 19.1. The van der Waals surface area contributed by atoms with Crippen LogP contribution in [0.4, 0.5) is 0 Å². The number of rotatable bonds is 5. The van der Waals surface area contributed by atoms with Crippen LogP contribution in [0.15, 0.2) is 12.2 Å². The minimum absolute atomic E-state index is 0.145. The fourth-order valence-corrected chi connectivity index (χ4v) is 1.90. The van der Waals surface area contributed by atoms with E-state index in [1.165, 1.54) is 19.9 Å². The van der Waals surface area contributed by atoms with Gasteiger partial charge in [-0.2, -0.15) is 0 Å². The van der Waals surface area contributed by atoms with Crippen LogP contribution in [0.2, 0.25) is 0 Å². The number of hydrogen-bond donors (Lipinski definition) is 0. The summed E-state index contributed by atoms with van der Waals surface area (Å²) >= 11 is 0. The highest BCUT2D eigenvalue weighted by molar-refractivity contribution is 5.94. The highest BCUT2D eigenvalue weighted by Crippen LogP contribution is 2.32. The van der Waals surface area contributed by atoms with Crippen molar-refractivity contribution in [2.45, 2.75) is 46.5 Å². The lowest BCUT2D eigenvalue weighted by molar-refractivity contribution is -0.210. The van der Waals surface area contributed by atoms with Crippen LogP contribution in [0, 0.1) is 5.41 Å². The standard InChI is InChI=1S/C14H20O6/c1-9(15)19-13(20-10(2)16)14(3,4)8-12-11(17)6-5-7-18-12/h5-6,12-13H,7-8H2,1-4H3. The van der Waals surface area contributed by atoms with Crippen molar-refractivity contribution in [2.75, 3.05) is 6.61 Å². The second-order valence-corrected chi connectivity index (χ2v) is 5.37. The van der Waals surface area contributed by atoms with Gasteiger partial charge in [-0.15, -0.1) is 0 Å². The van der Waals surface area contributed by atoms with Crippen LogP contribution in [0.25, 0.3) is 0 Å². The van der Waals surface area contributed by atoms with Gasteiger partial charge in [0, 0.05) is 19.3 Å². The highest BCUT2D eigenvalue weighted by Gasteiger charge is 2.39. The van der Waals surface area contributed by atoms with E-state index >= 15 is 0 Å². The SMILES string of the molecule is CC(=O)OC(OC(C)=O)C(C)(C)CC1OCC=CC1=O. The Morgan fingerprint density at radius 2 is 1.90 bits per heavy atom. The van der Waals surface area contributed by atoms with Crippen molar-refractivity contribution in [3.05, 3.63) is 12.2 Å². The minimum atomic E-state index is -1.06. The van der Waals surface area contributed by atoms with Crippen LogP contribution in [-0.2, 0) is 28.6 Å². The second kappa shape index (κ2) is 6.65. The predicted octanol–water partition coefficient (Wildman–Crippen LogP) is 1.38. The Morgan fingerprint density at radius 1 is 1.35 bits per heavy atom. The van der Waals surface area contributed by atoms with Gasteiger partial charge in [-0.1, -0.05) is 19.9 Å². The highest BCUT2D eigenvalue weighted by atomic mass is 16.7. The summed E-state index contributed by atoms with van der Waals surface area (Å²) in [7, 11) is 0. The Labute approximate surface area is 118 Å². The van der Waals surface area contributed by atoms with E-state index < -0.39 is 29.7 Å². The lowest BCUT2D eigenvalue weighted by Crippen LogP contribution is -2.42. The molecular formula is C14H20O6. The average molecular weight is 284 g/mol. The molecule has 0 fully saturated rings. The van der Waals surface area contributed by atoms with Crippen molar-refractivity contribution < 1.29 is 28.6 Å². The van der Waals surface area contributed by atoms with Crippen molar-refractivity contribution in [2.24, 2.45) is 5.41 Å². The maximum Gasteiger partial charge on any atom is 0.305 e. The summed E-state index contributed by atoms with van der Waals surface area (Å²) in [5.41, 5.74) is -0.747. The number of ether oxygens (including phenoxy) is 3. The minimum Gasteiger partial charge on any atom is -0.425 e. The van der Waals surface area contributed by atoms with Crippen molar-refractivity contribution in [1.29, 1.82) is 0 Å². The van der Waals surface area contributed by atoms with E-state index in [1.807, 2.05) is 0 Å². The molecule has 0 radical (unpaired) electrons. The van der Waals surface area contributed by atoms with Gasteiger partial charge in [-0.25, -0.2) is 0 Å². The zero-order valence-corrected chi connectivity index (χ0v) is 12.2. The van der Waals surface area contributed by atoms with Gasteiger partial charge < -0.3 is 14.2 Å². The van der Waals surface area contributed by atoms with Crippen LogP contribution in [-0.4, -0.2) is 36.7 Å². The van der Waals surface area contributed by atoms with Crippen molar-refractivity contribution >= 4 is 17.7 Å². The number of carbonyl (C=O) groups excluding carboxylic acids is 3. The summed E-state index contributed by atoms with van der Waals surface area (Å²) in [4.78, 5) is 33.9. The first-order valence-electron chi connectivity index (χ1n) is 6.39. The van der Waals surface area contributed by atoms with Crippen molar-refractivity contribution in [3.63, 3.8) is 0 Å². The van der Waals surface area contributed by atoms with Crippen LogP contribution in [0.3, 0.4) is 0 Å². The molecule has 0 aromatic rings. The predicted molar refractivity (Wildman–Crippen MR) is 69.6 cm³/mol. The molecule has 0 aliphatic carbocycles. The fraction of sp³-hybridized carbons (Fsp3) is 0.643. The topological polar surface area (TPSA) is 78.9 Å². The molecule has 0 N–H and O–H groups in total. The van der Waals surface area contributed by atoms with Crippen LogP contribution >= 0.6 is 0 Å². The molecule has 20 heavy (non-hydrogen) atoms. The average Bonchev–Trinajstić information content (AvgIpc) is 2.30. The lowest BCUT2D eigenvalue weighted by Gasteiger charge is -2.34. The second-order valence-electron chi connectivity index (χ2n) is 5.37. The molecule has 0 aromatic heterocycles. The van der Waals surface area contributed by atoms with E-state index in [9.17, 15) is 14.4 Å². The first kappa shape index (κ1) is 16.4. The zero-order chi connectivity index (χ0) is 15.3. The van der Waals surface area contributed by atoms with Crippen LogP contribution in [0.1, 0.15) is 34.1 Å². The van der Waals surface area contributed by atoms with Gasteiger partial charge in [0.05, 0.1) is 6.61 Å². The first-order valence-corrected chi connectivity index (χ1v) is 6.39. The quantitative estimate of drug-likeness (QED) is 0.560. The molecule has 1 aliphatic rings. The smallest absolute Gasteiger partial charge is 0.305 e. The van der Waals surface area contributed by atoms with E-state index in [0.717, 1.165) is 0 Å². The molecule has 1 unspecified atom stereocenters. The van der Waals surface area contributed by atoms with Gasteiger partial charge >= 0.3 is 11.9 Å². The largest absolute Gasteiger partial charge is 0.425 e. The number of carbonyl (C=O) groups is 3. The van der Waals surface area contributed by atoms with Gasteiger partial charge in [0.2, 0.25) is 0 Å². The first-order chi connectivity index (χ1) is 9.22. The molecule has 0 saturated carbocycles. The number of ketones is 1. The van der Waals surface area contributed by atoms with Crippen molar-refractivity contribution in [1.82, 2.24) is 0 Å². The Balaban J connectivity index is 2.80. The van der Waals surface area contributed by atoms with E-state index in [-0.39, 0.29) is 12.2 Å². The Morgan fingerprint density at radius 3 is 2.35 bits per heavy atom. The Kier molecular flexibility index (Phi) is 5.44. The van der Waals surface area contributed by atoms with E-state index in [0.29, 0.717) is 6.61 Å². The van der Waals surface area contributed by atoms with Gasteiger partial charge in [0.15, 0.2) is 5.78 Å². The summed E-state index contributed by atoms with van der Waals surface area (Å²) in [6.45, 7) is 6.32.